The number of nitrogens with zero attached hydrogens (tertiary/aromatic N) is 3. The number of ether oxygens (including phenoxy) is 2. The summed E-state index contributed by atoms with van der Waals surface area (Å²) >= 11 is 0. The highest BCUT2D eigenvalue weighted by Crippen LogP contribution is 2.27. The van der Waals surface area contributed by atoms with Gasteiger partial charge in [0.15, 0.2) is 0 Å². The molecular formula is C19H23N3O4. The molecule has 26 heavy (non-hydrogen) atoms. The van der Waals surface area contributed by atoms with Gasteiger partial charge < -0.3 is 18.9 Å². The molecule has 2 aromatic rings. The van der Waals surface area contributed by atoms with Gasteiger partial charge >= 0.3 is 5.97 Å². The van der Waals surface area contributed by atoms with Crippen molar-refractivity contribution >= 4 is 11.9 Å². The van der Waals surface area contributed by atoms with Gasteiger partial charge in [0.1, 0.15) is 11.8 Å². The SMILES string of the molecule is COC(=O)C1Cc2ncn(C(C)C)c2CN1C(=O)c1ccc(OC)cc1. The Morgan fingerprint density at radius 3 is 2.46 bits per heavy atom. The molecule has 1 aromatic carbocycles. The van der Waals surface area contributed by atoms with Crippen LogP contribution in [0.2, 0.25) is 0 Å². The molecule has 0 saturated carbocycles. The fraction of sp³-hybridized carbons (Fsp3) is 0.421. The molecule has 0 bridgehead atoms. The fourth-order valence-electron chi connectivity index (χ4n) is 3.24. The molecule has 1 aliphatic rings. The maximum absolute atomic E-state index is 13.1. The van der Waals surface area contributed by atoms with E-state index in [0.29, 0.717) is 24.3 Å². The van der Waals surface area contributed by atoms with Crippen LogP contribution in [0.4, 0.5) is 0 Å². The molecule has 0 saturated heterocycles. The molecule has 1 atom stereocenters. The largest absolute Gasteiger partial charge is 0.497 e. The number of hydrogen-bond acceptors (Lipinski definition) is 5. The number of imidazole rings is 1. The maximum atomic E-state index is 13.1. The average molecular weight is 357 g/mol. The Kier molecular flexibility index (Phi) is 4.97. The van der Waals surface area contributed by atoms with Gasteiger partial charge in [0.05, 0.1) is 38.5 Å². The van der Waals surface area contributed by atoms with Crippen molar-refractivity contribution in [2.75, 3.05) is 14.2 Å². The second-order valence-electron chi connectivity index (χ2n) is 6.54. The summed E-state index contributed by atoms with van der Waals surface area (Å²) < 4.78 is 12.1. The lowest BCUT2D eigenvalue weighted by molar-refractivity contribution is -0.146. The molecular weight excluding hydrogens is 334 g/mol. The first-order chi connectivity index (χ1) is 12.5. The molecule has 138 valence electrons. The summed E-state index contributed by atoms with van der Waals surface area (Å²) in [4.78, 5) is 31.4. The predicted molar refractivity (Wildman–Crippen MR) is 95.0 cm³/mol. The number of amides is 1. The Hall–Kier alpha value is -2.83. The number of benzene rings is 1. The molecule has 0 N–H and O–H groups in total. The highest BCUT2D eigenvalue weighted by atomic mass is 16.5. The lowest BCUT2D eigenvalue weighted by Crippen LogP contribution is -2.49. The number of methoxy groups -OCH3 is 2. The minimum atomic E-state index is -0.683. The number of rotatable bonds is 4. The van der Waals surface area contributed by atoms with Crippen molar-refractivity contribution in [1.29, 1.82) is 0 Å². The van der Waals surface area contributed by atoms with E-state index in [1.54, 1.807) is 42.6 Å². The zero-order valence-corrected chi connectivity index (χ0v) is 15.4. The molecule has 0 spiro atoms. The van der Waals surface area contributed by atoms with Gasteiger partial charge in [-0.1, -0.05) is 0 Å². The third-order valence-electron chi connectivity index (χ3n) is 4.69. The summed E-state index contributed by atoms with van der Waals surface area (Å²) in [7, 11) is 2.91. The second kappa shape index (κ2) is 7.19. The van der Waals surface area contributed by atoms with Gasteiger partial charge in [0.2, 0.25) is 0 Å². The van der Waals surface area contributed by atoms with Crippen molar-refractivity contribution in [2.45, 2.75) is 38.9 Å². The van der Waals surface area contributed by atoms with Crippen LogP contribution in [-0.2, 0) is 22.5 Å². The Morgan fingerprint density at radius 1 is 1.19 bits per heavy atom. The van der Waals surface area contributed by atoms with Gasteiger partial charge in [-0.2, -0.15) is 0 Å². The van der Waals surface area contributed by atoms with Gasteiger partial charge in [0.25, 0.3) is 5.91 Å². The summed E-state index contributed by atoms with van der Waals surface area (Å²) in [6.45, 7) is 4.44. The van der Waals surface area contributed by atoms with Crippen LogP contribution in [0.3, 0.4) is 0 Å². The second-order valence-corrected chi connectivity index (χ2v) is 6.54. The maximum Gasteiger partial charge on any atom is 0.329 e. The third kappa shape index (κ3) is 3.16. The first-order valence-electron chi connectivity index (χ1n) is 8.53. The number of fused-ring (bicyclic) bond motifs is 1. The summed E-state index contributed by atoms with van der Waals surface area (Å²) in [6, 6.07) is 6.40. The molecule has 1 unspecified atom stereocenters. The molecule has 0 radical (unpaired) electrons. The normalized spacial score (nSPS) is 16.3. The number of esters is 1. The van der Waals surface area contributed by atoms with Crippen molar-refractivity contribution in [1.82, 2.24) is 14.5 Å². The van der Waals surface area contributed by atoms with Crippen LogP contribution >= 0.6 is 0 Å². The van der Waals surface area contributed by atoms with Crippen molar-refractivity contribution in [3.05, 3.63) is 47.5 Å². The molecule has 3 rings (SSSR count). The topological polar surface area (TPSA) is 73.7 Å². The monoisotopic (exact) mass is 357 g/mol. The van der Waals surface area contributed by atoms with E-state index in [4.69, 9.17) is 9.47 Å². The third-order valence-corrected chi connectivity index (χ3v) is 4.69. The number of carbonyl (C=O) groups excluding carboxylic acids is 2. The number of aromatic nitrogens is 2. The van der Waals surface area contributed by atoms with E-state index >= 15 is 0 Å². The first kappa shape index (κ1) is 18.0. The smallest absolute Gasteiger partial charge is 0.329 e. The molecule has 1 amide bonds. The van der Waals surface area contributed by atoms with Crippen LogP contribution in [0, 0.1) is 0 Å². The van der Waals surface area contributed by atoms with Crippen LogP contribution in [-0.4, -0.2) is 46.6 Å². The molecule has 0 fully saturated rings. The highest BCUT2D eigenvalue weighted by Gasteiger charge is 2.38. The van der Waals surface area contributed by atoms with Crippen molar-refractivity contribution in [2.24, 2.45) is 0 Å². The van der Waals surface area contributed by atoms with Crippen LogP contribution in [0.5, 0.6) is 5.75 Å². The van der Waals surface area contributed by atoms with Crippen LogP contribution < -0.4 is 4.74 Å². The molecule has 1 aromatic heterocycles. The Labute approximate surface area is 152 Å². The van der Waals surface area contributed by atoms with E-state index in [1.807, 2.05) is 4.57 Å². The zero-order chi connectivity index (χ0) is 18.8. The average Bonchev–Trinajstić information content (AvgIpc) is 3.09. The molecule has 2 heterocycles. The lowest BCUT2D eigenvalue weighted by atomic mass is 10.0. The first-order valence-corrected chi connectivity index (χ1v) is 8.53. The zero-order valence-electron chi connectivity index (χ0n) is 15.4. The van der Waals surface area contributed by atoms with E-state index in [9.17, 15) is 9.59 Å². The Bertz CT molecular complexity index is 811. The minimum Gasteiger partial charge on any atom is -0.497 e. The minimum absolute atomic E-state index is 0.217. The van der Waals surface area contributed by atoms with Gasteiger partial charge in [-0.15, -0.1) is 0 Å². The van der Waals surface area contributed by atoms with Gasteiger partial charge in [-0.05, 0) is 38.1 Å². The predicted octanol–water partition coefficient (Wildman–Crippen LogP) is 2.21. The quantitative estimate of drug-likeness (QED) is 0.785. The molecule has 0 aliphatic carbocycles. The summed E-state index contributed by atoms with van der Waals surface area (Å²) in [6.07, 6.45) is 2.12. The Morgan fingerprint density at radius 2 is 1.88 bits per heavy atom. The van der Waals surface area contributed by atoms with E-state index in [1.165, 1.54) is 7.11 Å². The van der Waals surface area contributed by atoms with E-state index in [-0.39, 0.29) is 11.9 Å². The van der Waals surface area contributed by atoms with E-state index in [0.717, 1.165) is 11.4 Å². The van der Waals surface area contributed by atoms with Crippen LogP contribution in [0.1, 0.15) is 41.6 Å². The van der Waals surface area contributed by atoms with Crippen molar-refractivity contribution < 1.29 is 19.1 Å². The number of hydrogen-bond donors (Lipinski definition) is 0. The van der Waals surface area contributed by atoms with Crippen molar-refractivity contribution in [3.8, 4) is 5.75 Å². The highest BCUT2D eigenvalue weighted by molar-refractivity contribution is 5.97. The molecule has 7 heteroatoms. The summed E-state index contributed by atoms with van der Waals surface area (Å²) in [5.41, 5.74) is 2.30. The summed E-state index contributed by atoms with van der Waals surface area (Å²) in [5, 5.41) is 0. The van der Waals surface area contributed by atoms with Gasteiger partial charge in [0, 0.05) is 18.0 Å². The standard InChI is InChI=1S/C19H23N3O4/c1-12(2)22-11-20-15-9-16(19(24)26-4)21(10-17(15)22)18(23)13-5-7-14(25-3)8-6-13/h5-8,11-12,16H,9-10H2,1-4H3. The van der Waals surface area contributed by atoms with Crippen molar-refractivity contribution in [3.63, 3.8) is 0 Å². The fourth-order valence-corrected chi connectivity index (χ4v) is 3.24. The van der Waals surface area contributed by atoms with Gasteiger partial charge in [-0.25, -0.2) is 9.78 Å². The summed E-state index contributed by atoms with van der Waals surface area (Å²) in [5.74, 6) is 0.0201. The van der Waals surface area contributed by atoms with E-state index < -0.39 is 12.0 Å². The number of carbonyl (C=O) groups is 2. The lowest BCUT2D eigenvalue weighted by Gasteiger charge is -2.34. The Balaban J connectivity index is 1.96. The van der Waals surface area contributed by atoms with Crippen LogP contribution in [0.25, 0.3) is 0 Å². The molecule has 7 nitrogen and oxygen atoms in total. The molecule has 1 aliphatic heterocycles. The van der Waals surface area contributed by atoms with Gasteiger partial charge in [-0.3, -0.25) is 4.79 Å². The van der Waals surface area contributed by atoms with Crippen LogP contribution in [0.15, 0.2) is 30.6 Å². The van der Waals surface area contributed by atoms with E-state index in [2.05, 4.69) is 18.8 Å².